The van der Waals surface area contributed by atoms with Crippen LogP contribution in [-0.2, 0) is 4.57 Å². The molecule has 0 amide bonds. The van der Waals surface area contributed by atoms with Crippen molar-refractivity contribution in [2.24, 2.45) is 0 Å². The third kappa shape index (κ3) is 4.14. The molecule has 190 valence electrons. The van der Waals surface area contributed by atoms with E-state index in [1.807, 2.05) is 85.1 Å². The number of benzene rings is 6. The highest BCUT2D eigenvalue weighted by molar-refractivity contribution is 7.85. The summed E-state index contributed by atoms with van der Waals surface area (Å²) in [6, 6.07) is 51.2. The molecule has 1 heterocycles. The molecule has 0 aliphatic carbocycles. The minimum absolute atomic E-state index is 0.825. The number of rotatable bonds is 5. The van der Waals surface area contributed by atoms with Crippen molar-refractivity contribution in [1.82, 2.24) is 4.98 Å². The van der Waals surface area contributed by atoms with E-state index in [1.54, 1.807) is 0 Å². The van der Waals surface area contributed by atoms with Crippen LogP contribution in [-0.4, -0.2) is 4.98 Å². The number of fused-ring (bicyclic) bond motifs is 3. The molecule has 0 aliphatic heterocycles. The molecule has 1 aromatic heterocycles. The van der Waals surface area contributed by atoms with Crippen molar-refractivity contribution in [3.63, 3.8) is 0 Å². The van der Waals surface area contributed by atoms with Crippen LogP contribution in [0.25, 0.3) is 43.9 Å². The largest absolute Gasteiger partial charge is 0.309 e. The van der Waals surface area contributed by atoms with Crippen LogP contribution >= 0.6 is 7.14 Å². The first-order chi connectivity index (χ1) is 19.7. The second-order valence-electron chi connectivity index (χ2n) is 9.95. The molecule has 0 atom stereocenters. The zero-order valence-electron chi connectivity index (χ0n) is 21.8. The lowest BCUT2D eigenvalue weighted by atomic mass is 9.95. The van der Waals surface area contributed by atoms with Crippen LogP contribution in [0, 0.1) is 0 Å². The van der Waals surface area contributed by atoms with E-state index < -0.39 is 7.14 Å². The smallest absolute Gasteiger partial charge is 0.171 e. The van der Waals surface area contributed by atoms with E-state index in [-0.39, 0.29) is 0 Å². The molecular formula is C37H26NOP. The third-order valence-electron chi connectivity index (χ3n) is 7.60. The van der Waals surface area contributed by atoms with Crippen LogP contribution in [0.15, 0.2) is 158 Å². The quantitative estimate of drug-likeness (QED) is 0.165. The van der Waals surface area contributed by atoms with Gasteiger partial charge in [0.1, 0.15) is 0 Å². The Morgan fingerprint density at radius 1 is 0.475 bits per heavy atom. The summed E-state index contributed by atoms with van der Waals surface area (Å²) in [5.74, 6) is 0. The van der Waals surface area contributed by atoms with Gasteiger partial charge in [-0.25, -0.2) is 0 Å². The number of hydrogen-bond donors (Lipinski definition) is 0. The predicted molar refractivity (Wildman–Crippen MR) is 170 cm³/mol. The Hall–Kier alpha value is -4.78. The Morgan fingerprint density at radius 3 is 1.70 bits per heavy atom. The summed E-state index contributed by atoms with van der Waals surface area (Å²) < 4.78 is 14.7. The number of pyridine rings is 1. The molecule has 2 nitrogen and oxygen atoms in total. The Labute approximate surface area is 234 Å². The summed E-state index contributed by atoms with van der Waals surface area (Å²) in [6.07, 6.45) is 1.97. The normalized spacial score (nSPS) is 11.6. The number of aromatic nitrogens is 1. The van der Waals surface area contributed by atoms with Crippen molar-refractivity contribution in [2.45, 2.75) is 0 Å². The topological polar surface area (TPSA) is 30.0 Å². The molecule has 7 aromatic rings. The fourth-order valence-corrected chi connectivity index (χ4v) is 8.24. The van der Waals surface area contributed by atoms with Crippen LogP contribution in [0.2, 0.25) is 0 Å². The SMILES string of the molecule is O=P(c1ccccc1)(c1ccccc1)c1ccc(-c2ccc3c(c2)ncc2cccc(-c4ccccc4)c23)cc1. The highest BCUT2D eigenvalue weighted by atomic mass is 31.2. The van der Waals surface area contributed by atoms with Gasteiger partial charge in [0.25, 0.3) is 0 Å². The molecule has 0 spiro atoms. The molecule has 6 aromatic carbocycles. The first-order valence-corrected chi connectivity index (χ1v) is 15.1. The molecule has 0 saturated heterocycles. The van der Waals surface area contributed by atoms with Crippen molar-refractivity contribution in [3.8, 4) is 22.3 Å². The van der Waals surface area contributed by atoms with Gasteiger partial charge in [-0.1, -0.05) is 146 Å². The average Bonchev–Trinajstić information content (AvgIpc) is 3.05. The Morgan fingerprint density at radius 2 is 1.05 bits per heavy atom. The summed E-state index contributed by atoms with van der Waals surface area (Å²) >= 11 is 0. The van der Waals surface area contributed by atoms with Crippen LogP contribution in [0.3, 0.4) is 0 Å². The highest BCUT2D eigenvalue weighted by Crippen LogP contribution is 2.42. The van der Waals surface area contributed by atoms with Crippen molar-refractivity contribution in [3.05, 3.63) is 158 Å². The van der Waals surface area contributed by atoms with Crippen molar-refractivity contribution < 1.29 is 4.57 Å². The molecule has 0 saturated carbocycles. The van der Waals surface area contributed by atoms with Gasteiger partial charge in [0.05, 0.1) is 5.52 Å². The van der Waals surface area contributed by atoms with Gasteiger partial charge in [0.2, 0.25) is 0 Å². The molecule has 7 rings (SSSR count). The van der Waals surface area contributed by atoms with Crippen molar-refractivity contribution >= 4 is 44.7 Å². The summed E-state index contributed by atoms with van der Waals surface area (Å²) in [6.45, 7) is 0. The fourth-order valence-electron chi connectivity index (χ4n) is 5.59. The first kappa shape index (κ1) is 24.3. The Kier molecular flexibility index (Phi) is 6.11. The van der Waals surface area contributed by atoms with Gasteiger partial charge in [-0.2, -0.15) is 0 Å². The highest BCUT2D eigenvalue weighted by Gasteiger charge is 2.29. The third-order valence-corrected chi connectivity index (χ3v) is 10.7. The van der Waals surface area contributed by atoms with Gasteiger partial charge >= 0.3 is 0 Å². The van der Waals surface area contributed by atoms with Gasteiger partial charge in [-0.05, 0) is 28.3 Å². The van der Waals surface area contributed by atoms with Crippen LogP contribution < -0.4 is 15.9 Å². The van der Waals surface area contributed by atoms with Gasteiger partial charge < -0.3 is 4.57 Å². The summed E-state index contributed by atoms with van der Waals surface area (Å²) in [4.78, 5) is 4.82. The molecule has 0 aliphatic rings. The van der Waals surface area contributed by atoms with E-state index >= 15 is 0 Å². The second kappa shape index (κ2) is 10.1. The van der Waals surface area contributed by atoms with Crippen LogP contribution in [0.4, 0.5) is 0 Å². The lowest BCUT2D eigenvalue weighted by molar-refractivity contribution is 0.592. The predicted octanol–water partition coefficient (Wildman–Crippen LogP) is 8.36. The van der Waals surface area contributed by atoms with E-state index in [9.17, 15) is 4.57 Å². The summed E-state index contributed by atoms with van der Waals surface area (Å²) in [5.41, 5.74) is 5.51. The summed E-state index contributed by atoms with van der Waals surface area (Å²) in [7, 11) is -3.00. The van der Waals surface area contributed by atoms with Crippen molar-refractivity contribution in [2.75, 3.05) is 0 Å². The van der Waals surface area contributed by atoms with E-state index in [2.05, 4.69) is 72.8 Å². The minimum Gasteiger partial charge on any atom is -0.309 e. The zero-order chi connectivity index (χ0) is 26.9. The molecule has 40 heavy (non-hydrogen) atoms. The number of hydrogen-bond acceptors (Lipinski definition) is 2. The molecule has 0 radical (unpaired) electrons. The van der Waals surface area contributed by atoms with E-state index in [4.69, 9.17) is 4.98 Å². The maximum Gasteiger partial charge on any atom is 0.171 e. The number of nitrogens with zero attached hydrogens (tertiary/aromatic N) is 1. The molecule has 0 fully saturated rings. The maximum atomic E-state index is 14.7. The van der Waals surface area contributed by atoms with E-state index in [0.29, 0.717) is 0 Å². The monoisotopic (exact) mass is 531 g/mol. The molecule has 0 bridgehead atoms. The van der Waals surface area contributed by atoms with Crippen molar-refractivity contribution in [1.29, 1.82) is 0 Å². The van der Waals surface area contributed by atoms with Crippen LogP contribution in [0.5, 0.6) is 0 Å². The van der Waals surface area contributed by atoms with Gasteiger partial charge in [-0.15, -0.1) is 0 Å². The molecular weight excluding hydrogens is 505 g/mol. The second-order valence-corrected chi connectivity index (χ2v) is 12.7. The fraction of sp³-hybridized carbons (Fsp3) is 0. The lowest BCUT2D eigenvalue weighted by Crippen LogP contribution is -2.24. The average molecular weight is 532 g/mol. The Balaban J connectivity index is 1.32. The zero-order valence-corrected chi connectivity index (χ0v) is 22.7. The Bertz CT molecular complexity index is 1960. The van der Waals surface area contributed by atoms with E-state index in [0.717, 1.165) is 43.3 Å². The minimum atomic E-state index is -3.00. The maximum absolute atomic E-state index is 14.7. The van der Waals surface area contributed by atoms with Gasteiger partial charge in [0, 0.05) is 38.3 Å². The summed E-state index contributed by atoms with van der Waals surface area (Å²) in [5, 5.41) is 5.98. The molecule has 0 N–H and O–H groups in total. The van der Waals surface area contributed by atoms with Gasteiger partial charge in [-0.3, -0.25) is 4.98 Å². The van der Waals surface area contributed by atoms with Gasteiger partial charge in [0.15, 0.2) is 7.14 Å². The first-order valence-electron chi connectivity index (χ1n) is 13.4. The standard InChI is InChI=1S/C37H26NOP/c39-40(31-14-6-2-7-15-31,32-16-8-3-9-17-32)33-22-19-27(20-23-33)29-21-24-35-36(25-29)38-26-30-13-10-18-34(37(30)35)28-11-4-1-5-12-28/h1-26H. The van der Waals surface area contributed by atoms with E-state index in [1.165, 1.54) is 16.5 Å². The lowest BCUT2D eigenvalue weighted by Gasteiger charge is -2.20. The van der Waals surface area contributed by atoms with Crippen LogP contribution in [0.1, 0.15) is 0 Å². The molecule has 3 heteroatoms. The molecule has 0 unspecified atom stereocenters.